The van der Waals surface area contributed by atoms with Crippen LogP contribution in [0.2, 0.25) is 0 Å². The fourth-order valence-electron chi connectivity index (χ4n) is 2.70. The number of thiophene rings is 1. The van der Waals surface area contributed by atoms with Gasteiger partial charge in [0.2, 0.25) is 0 Å². The van der Waals surface area contributed by atoms with Gasteiger partial charge in [0.1, 0.15) is 5.82 Å². The Balaban J connectivity index is 1.53. The Morgan fingerprint density at radius 2 is 2.00 bits per heavy atom. The van der Waals surface area contributed by atoms with E-state index in [4.69, 9.17) is 0 Å². The van der Waals surface area contributed by atoms with Gasteiger partial charge in [0, 0.05) is 43.8 Å². The van der Waals surface area contributed by atoms with E-state index < -0.39 is 0 Å². The Labute approximate surface area is 147 Å². The summed E-state index contributed by atoms with van der Waals surface area (Å²) in [6, 6.07) is 8.01. The Kier molecular flexibility index (Phi) is 5.48. The standard InChI is InChI=1S/C18H24N4OS/c1-3-15-5-6-16(24-15)18(23)20-13-14-4-7-17(19-12-14)22-10-8-21(2)9-11-22/h4-7,12H,3,8-11,13H2,1-2H3,(H,20,23). The summed E-state index contributed by atoms with van der Waals surface area (Å²) in [7, 11) is 2.15. The van der Waals surface area contributed by atoms with Crippen LogP contribution in [0.1, 0.15) is 27.0 Å². The number of aromatic nitrogens is 1. The second kappa shape index (κ2) is 7.77. The highest BCUT2D eigenvalue weighted by atomic mass is 32.1. The zero-order valence-corrected chi connectivity index (χ0v) is 15.1. The molecular weight excluding hydrogens is 320 g/mol. The van der Waals surface area contributed by atoms with E-state index in [1.807, 2.05) is 30.5 Å². The van der Waals surface area contributed by atoms with E-state index in [1.165, 1.54) is 4.88 Å². The van der Waals surface area contributed by atoms with Crippen LogP contribution < -0.4 is 10.2 Å². The molecule has 0 unspecified atom stereocenters. The second-order valence-electron chi connectivity index (χ2n) is 6.12. The summed E-state index contributed by atoms with van der Waals surface area (Å²) in [6.45, 7) is 6.77. The number of carbonyl (C=O) groups is 1. The number of aryl methyl sites for hydroxylation is 1. The number of pyridine rings is 1. The minimum Gasteiger partial charge on any atom is -0.354 e. The second-order valence-corrected chi connectivity index (χ2v) is 7.29. The molecule has 3 heterocycles. The lowest BCUT2D eigenvalue weighted by molar-refractivity contribution is 0.0955. The van der Waals surface area contributed by atoms with Crippen LogP contribution in [-0.4, -0.2) is 49.0 Å². The Morgan fingerprint density at radius 1 is 1.21 bits per heavy atom. The van der Waals surface area contributed by atoms with Gasteiger partial charge in [0.15, 0.2) is 0 Å². The molecule has 0 aromatic carbocycles. The topological polar surface area (TPSA) is 48.5 Å². The minimum atomic E-state index is -0.0113. The lowest BCUT2D eigenvalue weighted by Gasteiger charge is -2.33. The highest BCUT2D eigenvalue weighted by Gasteiger charge is 2.15. The molecule has 1 fully saturated rings. The smallest absolute Gasteiger partial charge is 0.261 e. The minimum absolute atomic E-state index is 0.0113. The quantitative estimate of drug-likeness (QED) is 0.905. The van der Waals surface area contributed by atoms with Gasteiger partial charge in [-0.2, -0.15) is 0 Å². The highest BCUT2D eigenvalue weighted by molar-refractivity contribution is 7.14. The molecule has 0 spiro atoms. The number of piperazine rings is 1. The van der Waals surface area contributed by atoms with Crippen molar-refractivity contribution in [2.24, 2.45) is 0 Å². The van der Waals surface area contributed by atoms with E-state index in [2.05, 4.69) is 34.1 Å². The summed E-state index contributed by atoms with van der Waals surface area (Å²) in [6.07, 6.45) is 2.83. The van der Waals surface area contributed by atoms with Crippen molar-refractivity contribution in [1.29, 1.82) is 0 Å². The zero-order chi connectivity index (χ0) is 16.9. The number of nitrogens with one attached hydrogen (secondary N) is 1. The summed E-state index contributed by atoms with van der Waals surface area (Å²) < 4.78 is 0. The van der Waals surface area contributed by atoms with Crippen LogP contribution in [0, 0.1) is 0 Å². The van der Waals surface area contributed by atoms with Crippen molar-refractivity contribution in [2.45, 2.75) is 19.9 Å². The molecule has 0 saturated carbocycles. The number of amides is 1. The fraction of sp³-hybridized carbons (Fsp3) is 0.444. The van der Waals surface area contributed by atoms with Gasteiger partial charge in [0.25, 0.3) is 5.91 Å². The van der Waals surface area contributed by atoms with Crippen molar-refractivity contribution >= 4 is 23.1 Å². The van der Waals surface area contributed by atoms with Crippen molar-refractivity contribution < 1.29 is 4.79 Å². The summed E-state index contributed by atoms with van der Waals surface area (Å²) in [5.41, 5.74) is 1.02. The fourth-order valence-corrected chi connectivity index (χ4v) is 3.57. The lowest BCUT2D eigenvalue weighted by atomic mass is 10.2. The van der Waals surface area contributed by atoms with Crippen LogP contribution in [0.15, 0.2) is 30.5 Å². The molecule has 5 nitrogen and oxygen atoms in total. The number of nitrogens with zero attached hydrogens (tertiary/aromatic N) is 3. The molecule has 0 aliphatic carbocycles. The van der Waals surface area contributed by atoms with E-state index in [0.29, 0.717) is 6.54 Å². The van der Waals surface area contributed by atoms with Crippen LogP contribution in [0.4, 0.5) is 5.82 Å². The van der Waals surface area contributed by atoms with Gasteiger partial charge in [-0.25, -0.2) is 4.98 Å². The summed E-state index contributed by atoms with van der Waals surface area (Å²) >= 11 is 1.56. The third-order valence-corrected chi connectivity index (χ3v) is 5.55. The van der Waals surface area contributed by atoms with Crippen LogP contribution in [0.5, 0.6) is 0 Å². The van der Waals surface area contributed by atoms with Crippen molar-refractivity contribution in [3.8, 4) is 0 Å². The third kappa shape index (κ3) is 4.13. The molecular formula is C18H24N4OS. The predicted octanol–water partition coefficient (Wildman–Crippen LogP) is 2.39. The monoisotopic (exact) mass is 344 g/mol. The van der Waals surface area contributed by atoms with Crippen molar-refractivity contribution in [1.82, 2.24) is 15.2 Å². The SMILES string of the molecule is CCc1ccc(C(=O)NCc2ccc(N3CCN(C)CC3)nc2)s1. The van der Waals surface area contributed by atoms with Gasteiger partial charge in [-0.1, -0.05) is 13.0 Å². The first-order chi connectivity index (χ1) is 11.7. The van der Waals surface area contributed by atoms with E-state index in [0.717, 1.165) is 48.9 Å². The van der Waals surface area contributed by atoms with Gasteiger partial charge >= 0.3 is 0 Å². The zero-order valence-electron chi connectivity index (χ0n) is 14.3. The predicted molar refractivity (Wildman–Crippen MR) is 98.8 cm³/mol. The third-order valence-electron chi connectivity index (χ3n) is 4.32. The molecule has 1 amide bonds. The van der Waals surface area contributed by atoms with E-state index in [9.17, 15) is 4.79 Å². The summed E-state index contributed by atoms with van der Waals surface area (Å²) in [5.74, 6) is 1.01. The van der Waals surface area contributed by atoms with Gasteiger partial charge in [-0.05, 0) is 37.2 Å². The normalized spacial score (nSPS) is 15.5. The van der Waals surface area contributed by atoms with Crippen LogP contribution in [0.3, 0.4) is 0 Å². The molecule has 3 rings (SSSR count). The van der Waals surface area contributed by atoms with Gasteiger partial charge in [-0.3, -0.25) is 4.79 Å². The maximum absolute atomic E-state index is 12.2. The number of hydrogen-bond donors (Lipinski definition) is 1. The first kappa shape index (κ1) is 16.9. The van der Waals surface area contributed by atoms with Gasteiger partial charge in [0.05, 0.1) is 4.88 Å². The average Bonchev–Trinajstić information content (AvgIpc) is 3.10. The van der Waals surface area contributed by atoms with Gasteiger partial charge < -0.3 is 15.1 Å². The van der Waals surface area contributed by atoms with Crippen molar-refractivity contribution in [3.05, 3.63) is 45.8 Å². The van der Waals surface area contributed by atoms with E-state index in [1.54, 1.807) is 11.3 Å². The van der Waals surface area contributed by atoms with Crippen molar-refractivity contribution in [3.63, 3.8) is 0 Å². The van der Waals surface area contributed by atoms with Crippen LogP contribution >= 0.6 is 11.3 Å². The molecule has 1 aliphatic heterocycles. The maximum atomic E-state index is 12.2. The molecule has 0 bridgehead atoms. The molecule has 2 aromatic heterocycles. The first-order valence-corrected chi connectivity index (χ1v) is 9.22. The molecule has 2 aromatic rings. The van der Waals surface area contributed by atoms with Crippen LogP contribution in [0.25, 0.3) is 0 Å². The maximum Gasteiger partial charge on any atom is 0.261 e. The highest BCUT2D eigenvalue weighted by Crippen LogP contribution is 2.17. The Hall–Kier alpha value is -1.92. The molecule has 128 valence electrons. The van der Waals surface area contributed by atoms with Gasteiger partial charge in [-0.15, -0.1) is 11.3 Å². The molecule has 0 radical (unpaired) electrons. The molecule has 0 atom stereocenters. The number of hydrogen-bond acceptors (Lipinski definition) is 5. The number of likely N-dealkylation sites (N-methyl/N-ethyl adjacent to an activating group) is 1. The van der Waals surface area contributed by atoms with Crippen LogP contribution in [-0.2, 0) is 13.0 Å². The Bertz CT molecular complexity index is 675. The summed E-state index contributed by atoms with van der Waals surface area (Å²) in [5, 5.41) is 2.97. The van der Waals surface area contributed by atoms with E-state index >= 15 is 0 Å². The molecule has 6 heteroatoms. The number of anilines is 1. The van der Waals surface area contributed by atoms with Crippen molar-refractivity contribution in [2.75, 3.05) is 38.1 Å². The Morgan fingerprint density at radius 3 is 2.62 bits per heavy atom. The largest absolute Gasteiger partial charge is 0.354 e. The average molecular weight is 344 g/mol. The van der Waals surface area contributed by atoms with E-state index in [-0.39, 0.29) is 5.91 Å². The number of carbonyl (C=O) groups excluding carboxylic acids is 1. The number of rotatable bonds is 5. The lowest BCUT2D eigenvalue weighted by Crippen LogP contribution is -2.44. The molecule has 1 aliphatic rings. The summed E-state index contributed by atoms with van der Waals surface area (Å²) in [4.78, 5) is 23.4. The molecule has 1 saturated heterocycles. The first-order valence-electron chi connectivity index (χ1n) is 8.41. The molecule has 24 heavy (non-hydrogen) atoms. The molecule has 1 N–H and O–H groups in total.